The Labute approximate surface area is 172 Å². The SMILES string of the molecule is CC1CCN(c2cccc3c2-c2c(c(C#N)cc4c2-c2ccccc2C4)C3)CC1. The van der Waals surface area contributed by atoms with Crippen LogP contribution in [-0.4, -0.2) is 13.1 Å². The second-order valence-corrected chi connectivity index (χ2v) is 8.92. The summed E-state index contributed by atoms with van der Waals surface area (Å²) in [5.74, 6) is 0.816. The minimum atomic E-state index is 0.816. The molecule has 0 aromatic heterocycles. The molecule has 2 aliphatic carbocycles. The van der Waals surface area contributed by atoms with Crippen molar-refractivity contribution in [2.24, 2.45) is 5.92 Å². The van der Waals surface area contributed by atoms with E-state index in [4.69, 9.17) is 0 Å². The number of hydrogen-bond acceptors (Lipinski definition) is 2. The zero-order valence-corrected chi connectivity index (χ0v) is 16.8. The summed E-state index contributed by atoms with van der Waals surface area (Å²) < 4.78 is 0. The first-order chi connectivity index (χ1) is 14.2. The minimum absolute atomic E-state index is 0.816. The van der Waals surface area contributed by atoms with Gasteiger partial charge in [0.1, 0.15) is 0 Å². The number of nitrogens with zero attached hydrogens (tertiary/aromatic N) is 2. The number of piperidine rings is 1. The van der Waals surface area contributed by atoms with Crippen LogP contribution in [0, 0.1) is 17.2 Å². The van der Waals surface area contributed by atoms with Gasteiger partial charge in [-0.2, -0.15) is 5.26 Å². The van der Waals surface area contributed by atoms with Crippen LogP contribution in [0.2, 0.25) is 0 Å². The molecule has 3 aromatic rings. The maximum atomic E-state index is 9.92. The molecule has 1 fully saturated rings. The largest absolute Gasteiger partial charge is 0.371 e. The number of rotatable bonds is 1. The Kier molecular flexibility index (Phi) is 3.62. The Hall–Kier alpha value is -3.05. The van der Waals surface area contributed by atoms with Crippen molar-refractivity contribution in [2.45, 2.75) is 32.6 Å². The van der Waals surface area contributed by atoms with E-state index in [1.165, 1.54) is 63.0 Å². The van der Waals surface area contributed by atoms with E-state index >= 15 is 0 Å². The van der Waals surface area contributed by atoms with E-state index in [0.717, 1.165) is 37.4 Å². The van der Waals surface area contributed by atoms with Gasteiger partial charge >= 0.3 is 0 Å². The highest BCUT2D eigenvalue weighted by atomic mass is 15.1. The average molecular weight is 377 g/mol. The molecule has 1 aliphatic heterocycles. The third kappa shape index (κ3) is 2.40. The zero-order chi connectivity index (χ0) is 19.5. The van der Waals surface area contributed by atoms with Gasteiger partial charge in [0.15, 0.2) is 0 Å². The molecule has 0 saturated carbocycles. The Morgan fingerprint density at radius 2 is 1.66 bits per heavy atom. The molecule has 2 nitrogen and oxygen atoms in total. The average Bonchev–Trinajstić information content (AvgIpc) is 3.31. The molecule has 0 unspecified atom stereocenters. The predicted molar refractivity (Wildman–Crippen MR) is 118 cm³/mol. The van der Waals surface area contributed by atoms with Crippen LogP contribution in [0.15, 0.2) is 48.5 Å². The molecule has 0 amide bonds. The summed E-state index contributed by atoms with van der Waals surface area (Å²) in [6.07, 6.45) is 4.33. The zero-order valence-electron chi connectivity index (χ0n) is 16.8. The van der Waals surface area contributed by atoms with Crippen molar-refractivity contribution < 1.29 is 0 Å². The van der Waals surface area contributed by atoms with E-state index < -0.39 is 0 Å². The third-order valence-electron chi connectivity index (χ3n) is 7.17. The van der Waals surface area contributed by atoms with Gasteiger partial charge in [0, 0.05) is 30.8 Å². The lowest BCUT2D eigenvalue weighted by atomic mass is 9.89. The predicted octanol–water partition coefficient (Wildman–Crippen LogP) is 5.94. The number of fused-ring (bicyclic) bond motifs is 7. The highest BCUT2D eigenvalue weighted by molar-refractivity contribution is 6.00. The topological polar surface area (TPSA) is 27.0 Å². The maximum Gasteiger partial charge on any atom is 0.0994 e. The first kappa shape index (κ1) is 16.9. The quantitative estimate of drug-likeness (QED) is 0.362. The molecule has 2 heteroatoms. The van der Waals surface area contributed by atoms with Gasteiger partial charge in [0.2, 0.25) is 0 Å². The molecule has 0 N–H and O–H groups in total. The van der Waals surface area contributed by atoms with Gasteiger partial charge in [-0.1, -0.05) is 43.3 Å². The number of anilines is 1. The van der Waals surface area contributed by atoms with Crippen molar-refractivity contribution >= 4 is 5.69 Å². The molecule has 142 valence electrons. The number of nitriles is 1. The Balaban J connectivity index is 1.62. The Bertz CT molecular complexity index is 1190. The highest BCUT2D eigenvalue weighted by Gasteiger charge is 2.33. The fourth-order valence-corrected chi connectivity index (χ4v) is 5.64. The van der Waals surface area contributed by atoms with Gasteiger partial charge in [0.05, 0.1) is 11.6 Å². The standard InChI is InChI=1S/C27H24N2/c1-17-9-11-29(12-10-17)24-8-4-6-19-15-23-21(16-28)14-20-13-18-5-2-3-7-22(18)25(20)27(23)26(19)24/h2-8,14,17H,9-13,15H2,1H3. The molecule has 3 aliphatic rings. The van der Waals surface area contributed by atoms with Crippen LogP contribution in [-0.2, 0) is 12.8 Å². The van der Waals surface area contributed by atoms with Gasteiger partial charge in [-0.3, -0.25) is 0 Å². The van der Waals surface area contributed by atoms with Crippen LogP contribution in [0.5, 0.6) is 0 Å². The van der Waals surface area contributed by atoms with Crippen LogP contribution in [0.1, 0.15) is 47.6 Å². The molecule has 0 radical (unpaired) electrons. The highest BCUT2D eigenvalue weighted by Crippen LogP contribution is 2.53. The molecule has 0 atom stereocenters. The van der Waals surface area contributed by atoms with Crippen LogP contribution in [0.3, 0.4) is 0 Å². The Morgan fingerprint density at radius 1 is 0.862 bits per heavy atom. The van der Waals surface area contributed by atoms with Crippen LogP contribution in [0.4, 0.5) is 5.69 Å². The van der Waals surface area contributed by atoms with E-state index in [-0.39, 0.29) is 0 Å². The van der Waals surface area contributed by atoms with Gasteiger partial charge in [0.25, 0.3) is 0 Å². The lowest BCUT2D eigenvalue weighted by Crippen LogP contribution is -2.33. The number of hydrogen-bond donors (Lipinski definition) is 0. The summed E-state index contributed by atoms with van der Waals surface area (Å²) in [5.41, 5.74) is 13.0. The second kappa shape index (κ2) is 6.22. The monoisotopic (exact) mass is 376 g/mol. The lowest BCUT2D eigenvalue weighted by molar-refractivity contribution is 0.438. The van der Waals surface area contributed by atoms with E-state index in [1.807, 2.05) is 0 Å². The van der Waals surface area contributed by atoms with E-state index in [2.05, 4.69) is 66.4 Å². The first-order valence-corrected chi connectivity index (χ1v) is 10.8. The fourth-order valence-electron chi connectivity index (χ4n) is 5.64. The van der Waals surface area contributed by atoms with E-state index in [0.29, 0.717) is 0 Å². The first-order valence-electron chi connectivity index (χ1n) is 10.8. The van der Waals surface area contributed by atoms with Crippen LogP contribution >= 0.6 is 0 Å². The summed E-state index contributed by atoms with van der Waals surface area (Å²) in [6, 6.07) is 20.2. The summed E-state index contributed by atoms with van der Waals surface area (Å²) in [5, 5.41) is 9.92. The number of benzene rings is 3. The van der Waals surface area contributed by atoms with Crippen molar-refractivity contribution in [1.29, 1.82) is 5.26 Å². The maximum absolute atomic E-state index is 9.92. The second-order valence-electron chi connectivity index (χ2n) is 8.92. The molecule has 0 spiro atoms. The van der Waals surface area contributed by atoms with E-state index in [9.17, 15) is 5.26 Å². The molecule has 0 bridgehead atoms. The normalized spacial score (nSPS) is 16.8. The molecule has 1 saturated heterocycles. The van der Waals surface area contributed by atoms with Crippen molar-refractivity contribution in [3.8, 4) is 28.3 Å². The Morgan fingerprint density at radius 3 is 2.48 bits per heavy atom. The van der Waals surface area contributed by atoms with Crippen molar-refractivity contribution in [2.75, 3.05) is 18.0 Å². The lowest BCUT2D eigenvalue weighted by Gasteiger charge is -2.34. The summed E-state index contributed by atoms with van der Waals surface area (Å²) in [6.45, 7) is 4.62. The van der Waals surface area contributed by atoms with Gasteiger partial charge in [-0.15, -0.1) is 0 Å². The van der Waals surface area contributed by atoms with Crippen LogP contribution < -0.4 is 4.90 Å². The minimum Gasteiger partial charge on any atom is -0.371 e. The molecule has 29 heavy (non-hydrogen) atoms. The summed E-state index contributed by atoms with van der Waals surface area (Å²) >= 11 is 0. The van der Waals surface area contributed by atoms with Crippen molar-refractivity contribution in [1.82, 2.24) is 0 Å². The molecule has 6 rings (SSSR count). The molecule has 1 heterocycles. The molecular formula is C27H24N2. The fraction of sp³-hybridized carbons (Fsp3) is 0.296. The van der Waals surface area contributed by atoms with Gasteiger partial charge in [-0.25, -0.2) is 0 Å². The van der Waals surface area contributed by atoms with Crippen molar-refractivity contribution in [3.63, 3.8) is 0 Å². The van der Waals surface area contributed by atoms with Crippen molar-refractivity contribution in [3.05, 3.63) is 76.3 Å². The third-order valence-corrected chi connectivity index (χ3v) is 7.17. The summed E-state index contributed by atoms with van der Waals surface area (Å²) in [7, 11) is 0. The van der Waals surface area contributed by atoms with Gasteiger partial charge < -0.3 is 4.90 Å². The van der Waals surface area contributed by atoms with Crippen LogP contribution in [0.25, 0.3) is 22.3 Å². The smallest absolute Gasteiger partial charge is 0.0994 e. The van der Waals surface area contributed by atoms with Gasteiger partial charge in [-0.05, 0) is 76.3 Å². The molecule has 3 aromatic carbocycles. The van der Waals surface area contributed by atoms with E-state index in [1.54, 1.807) is 0 Å². The molecular weight excluding hydrogens is 352 g/mol. The summed E-state index contributed by atoms with van der Waals surface area (Å²) in [4.78, 5) is 2.58.